The SMILES string of the molecule is COc1ccc(C(C)F)cc1C(=O)C(=O)O. The number of Topliss-reactive ketones (excluding diaryl/α,β-unsaturated/α-hetero) is 1. The van der Waals surface area contributed by atoms with E-state index >= 15 is 0 Å². The van der Waals surface area contributed by atoms with Crippen LogP contribution >= 0.6 is 0 Å². The Morgan fingerprint density at radius 1 is 1.44 bits per heavy atom. The molecule has 1 atom stereocenters. The number of methoxy groups -OCH3 is 1. The van der Waals surface area contributed by atoms with Crippen LogP contribution in [0.1, 0.15) is 29.0 Å². The predicted octanol–water partition coefficient (Wildman–Crippen LogP) is 1.99. The van der Waals surface area contributed by atoms with Gasteiger partial charge in [-0.05, 0) is 24.6 Å². The first kappa shape index (κ1) is 12.2. The number of rotatable bonds is 4. The molecule has 0 aliphatic heterocycles. The fourth-order valence-corrected chi connectivity index (χ4v) is 1.27. The summed E-state index contributed by atoms with van der Waals surface area (Å²) in [6.07, 6.45) is -1.27. The van der Waals surface area contributed by atoms with Gasteiger partial charge in [0.05, 0.1) is 12.7 Å². The Morgan fingerprint density at radius 2 is 2.06 bits per heavy atom. The van der Waals surface area contributed by atoms with E-state index in [-0.39, 0.29) is 16.9 Å². The van der Waals surface area contributed by atoms with Gasteiger partial charge in [0, 0.05) is 0 Å². The number of alkyl halides is 1. The summed E-state index contributed by atoms with van der Waals surface area (Å²) in [5.41, 5.74) is 0.0994. The monoisotopic (exact) mass is 226 g/mol. The summed E-state index contributed by atoms with van der Waals surface area (Å²) >= 11 is 0. The summed E-state index contributed by atoms with van der Waals surface area (Å²) in [6, 6.07) is 4.02. The normalized spacial score (nSPS) is 11.9. The molecule has 1 unspecified atom stereocenters. The van der Waals surface area contributed by atoms with Crippen LogP contribution in [0.4, 0.5) is 4.39 Å². The number of benzene rings is 1. The van der Waals surface area contributed by atoms with Crippen molar-refractivity contribution in [3.63, 3.8) is 0 Å². The zero-order valence-corrected chi connectivity index (χ0v) is 8.86. The number of carbonyl (C=O) groups excluding carboxylic acids is 1. The van der Waals surface area contributed by atoms with Crippen molar-refractivity contribution in [3.8, 4) is 5.75 Å². The molecule has 1 aromatic carbocycles. The summed E-state index contributed by atoms with van der Waals surface area (Å²) in [4.78, 5) is 21.8. The molecule has 1 N–H and O–H groups in total. The average Bonchev–Trinajstić information content (AvgIpc) is 2.26. The van der Waals surface area contributed by atoms with E-state index in [2.05, 4.69) is 0 Å². The van der Waals surface area contributed by atoms with Crippen molar-refractivity contribution in [1.29, 1.82) is 0 Å². The number of carboxylic acids is 1. The zero-order valence-electron chi connectivity index (χ0n) is 8.86. The van der Waals surface area contributed by atoms with Crippen molar-refractivity contribution in [2.75, 3.05) is 7.11 Å². The van der Waals surface area contributed by atoms with Crippen LogP contribution in [0.15, 0.2) is 18.2 Å². The first-order chi connectivity index (χ1) is 7.47. The molecule has 1 rings (SSSR count). The maximum Gasteiger partial charge on any atom is 0.377 e. The lowest BCUT2D eigenvalue weighted by Crippen LogP contribution is -2.14. The highest BCUT2D eigenvalue weighted by molar-refractivity contribution is 6.40. The summed E-state index contributed by atoms with van der Waals surface area (Å²) in [5.74, 6) is -2.59. The van der Waals surface area contributed by atoms with E-state index in [4.69, 9.17) is 9.84 Å². The number of hydrogen-bond acceptors (Lipinski definition) is 3. The van der Waals surface area contributed by atoms with Crippen molar-refractivity contribution in [2.24, 2.45) is 0 Å². The Balaban J connectivity index is 3.27. The van der Waals surface area contributed by atoms with Crippen molar-refractivity contribution in [3.05, 3.63) is 29.3 Å². The standard InChI is InChI=1S/C11H11FO4/c1-6(12)7-3-4-9(16-2)8(5-7)10(13)11(14)15/h3-6H,1-2H3,(H,14,15). The lowest BCUT2D eigenvalue weighted by atomic mass is 10.0. The van der Waals surface area contributed by atoms with Gasteiger partial charge in [0.2, 0.25) is 0 Å². The van der Waals surface area contributed by atoms with Gasteiger partial charge in [-0.2, -0.15) is 0 Å². The van der Waals surface area contributed by atoms with E-state index in [1.807, 2.05) is 0 Å². The Labute approximate surface area is 91.7 Å². The Kier molecular flexibility index (Phi) is 3.60. The van der Waals surface area contributed by atoms with Crippen molar-refractivity contribution >= 4 is 11.8 Å². The molecule has 0 fully saturated rings. The second kappa shape index (κ2) is 4.74. The molecule has 0 heterocycles. The van der Waals surface area contributed by atoms with Crippen LogP contribution in [0.2, 0.25) is 0 Å². The summed E-state index contributed by atoms with van der Waals surface area (Å²) in [5, 5.41) is 8.59. The Hall–Kier alpha value is -1.91. The van der Waals surface area contributed by atoms with Gasteiger partial charge in [0.15, 0.2) is 0 Å². The van der Waals surface area contributed by atoms with Crippen LogP contribution in [0, 0.1) is 0 Å². The zero-order chi connectivity index (χ0) is 12.3. The molecule has 86 valence electrons. The molecule has 0 saturated heterocycles. The van der Waals surface area contributed by atoms with Gasteiger partial charge in [-0.25, -0.2) is 9.18 Å². The van der Waals surface area contributed by atoms with E-state index < -0.39 is 17.9 Å². The molecule has 0 radical (unpaired) electrons. The number of carboxylic acid groups (broad SMARTS) is 1. The molecule has 0 spiro atoms. The van der Waals surface area contributed by atoms with Gasteiger partial charge >= 0.3 is 5.97 Å². The molecular formula is C11H11FO4. The van der Waals surface area contributed by atoms with E-state index in [0.29, 0.717) is 0 Å². The minimum Gasteiger partial charge on any atom is -0.496 e. The highest BCUT2D eigenvalue weighted by atomic mass is 19.1. The lowest BCUT2D eigenvalue weighted by molar-refractivity contribution is -0.131. The number of ketones is 1. The quantitative estimate of drug-likeness (QED) is 0.630. The minimum absolute atomic E-state index is 0.122. The van der Waals surface area contributed by atoms with Crippen LogP contribution in [-0.4, -0.2) is 24.0 Å². The second-order valence-corrected chi connectivity index (χ2v) is 3.21. The maximum absolute atomic E-state index is 13.0. The number of hydrogen-bond donors (Lipinski definition) is 1. The van der Waals surface area contributed by atoms with Crippen molar-refractivity contribution in [2.45, 2.75) is 13.1 Å². The van der Waals surface area contributed by atoms with E-state index in [0.717, 1.165) is 0 Å². The van der Waals surface area contributed by atoms with E-state index in [9.17, 15) is 14.0 Å². The van der Waals surface area contributed by atoms with Gasteiger partial charge in [-0.1, -0.05) is 6.07 Å². The summed E-state index contributed by atoms with van der Waals surface area (Å²) in [6.45, 7) is 1.30. The average molecular weight is 226 g/mol. The number of carbonyl (C=O) groups is 2. The van der Waals surface area contributed by atoms with Crippen LogP contribution in [0.5, 0.6) is 5.75 Å². The van der Waals surface area contributed by atoms with Crippen LogP contribution in [0.25, 0.3) is 0 Å². The molecule has 5 heteroatoms. The molecule has 0 aliphatic carbocycles. The topological polar surface area (TPSA) is 63.6 Å². The molecule has 1 aromatic rings. The molecule has 0 aliphatic rings. The van der Waals surface area contributed by atoms with Gasteiger partial charge in [0.1, 0.15) is 11.9 Å². The molecule has 16 heavy (non-hydrogen) atoms. The van der Waals surface area contributed by atoms with E-state index in [1.54, 1.807) is 0 Å². The number of halogens is 1. The second-order valence-electron chi connectivity index (χ2n) is 3.21. The first-order valence-electron chi connectivity index (χ1n) is 4.57. The smallest absolute Gasteiger partial charge is 0.377 e. The van der Waals surface area contributed by atoms with Gasteiger partial charge < -0.3 is 9.84 Å². The fourth-order valence-electron chi connectivity index (χ4n) is 1.27. The van der Waals surface area contributed by atoms with Crippen LogP contribution in [0.3, 0.4) is 0 Å². The Bertz CT molecular complexity index is 426. The summed E-state index contributed by atoms with van der Waals surface area (Å²) < 4.78 is 17.9. The highest BCUT2D eigenvalue weighted by Crippen LogP contribution is 2.25. The van der Waals surface area contributed by atoms with Crippen LogP contribution in [-0.2, 0) is 4.79 Å². The molecular weight excluding hydrogens is 215 g/mol. The molecule has 0 bridgehead atoms. The number of ether oxygens (including phenoxy) is 1. The molecule has 4 nitrogen and oxygen atoms in total. The summed E-state index contributed by atoms with van der Waals surface area (Å²) in [7, 11) is 1.31. The third kappa shape index (κ3) is 2.36. The van der Waals surface area contributed by atoms with Gasteiger partial charge in [0.25, 0.3) is 5.78 Å². The molecule has 0 saturated carbocycles. The maximum atomic E-state index is 13.0. The predicted molar refractivity (Wildman–Crippen MR) is 54.5 cm³/mol. The third-order valence-corrected chi connectivity index (χ3v) is 2.12. The largest absolute Gasteiger partial charge is 0.496 e. The fraction of sp³-hybridized carbons (Fsp3) is 0.273. The first-order valence-corrected chi connectivity index (χ1v) is 4.57. The van der Waals surface area contributed by atoms with Crippen molar-refractivity contribution < 1.29 is 23.8 Å². The number of aliphatic carboxylic acids is 1. The Morgan fingerprint density at radius 3 is 2.50 bits per heavy atom. The van der Waals surface area contributed by atoms with Crippen molar-refractivity contribution in [1.82, 2.24) is 0 Å². The third-order valence-electron chi connectivity index (χ3n) is 2.12. The van der Waals surface area contributed by atoms with E-state index in [1.165, 1.54) is 32.2 Å². The van der Waals surface area contributed by atoms with Gasteiger partial charge in [-0.15, -0.1) is 0 Å². The highest BCUT2D eigenvalue weighted by Gasteiger charge is 2.20. The molecule has 0 amide bonds. The molecule has 0 aromatic heterocycles. The van der Waals surface area contributed by atoms with Crippen LogP contribution < -0.4 is 4.74 Å². The minimum atomic E-state index is -1.60. The lowest BCUT2D eigenvalue weighted by Gasteiger charge is -2.08. The van der Waals surface area contributed by atoms with Gasteiger partial charge in [-0.3, -0.25) is 4.79 Å².